The molecule has 146 valence electrons. The Hall–Kier alpha value is -1.80. The van der Waals surface area contributed by atoms with E-state index in [-0.39, 0.29) is 36.6 Å². The van der Waals surface area contributed by atoms with E-state index >= 15 is 0 Å². The van der Waals surface area contributed by atoms with Crippen LogP contribution in [-0.4, -0.2) is 43.4 Å². The Balaban J connectivity index is 1.69. The summed E-state index contributed by atoms with van der Waals surface area (Å²) in [4.78, 5) is 14.4. The summed E-state index contributed by atoms with van der Waals surface area (Å²) < 4.78 is 35.4. The molecule has 6 nitrogen and oxygen atoms in total. The third kappa shape index (κ3) is 5.35. The number of amides is 1. The van der Waals surface area contributed by atoms with E-state index in [1.165, 1.54) is 5.56 Å². The summed E-state index contributed by atoms with van der Waals surface area (Å²) in [5.74, 6) is 1.02. The van der Waals surface area contributed by atoms with Crippen molar-refractivity contribution in [1.82, 2.24) is 4.90 Å². The van der Waals surface area contributed by atoms with Crippen molar-refractivity contribution in [3.63, 3.8) is 0 Å². The number of rotatable bonds is 7. The van der Waals surface area contributed by atoms with Crippen LogP contribution in [0.15, 0.2) is 45.5 Å². The van der Waals surface area contributed by atoms with E-state index in [4.69, 9.17) is 9.15 Å². The monoisotopic (exact) mass is 455 g/mol. The summed E-state index contributed by atoms with van der Waals surface area (Å²) in [6.45, 7) is 2.13. The van der Waals surface area contributed by atoms with Crippen LogP contribution in [-0.2, 0) is 27.6 Å². The second kappa shape index (κ2) is 8.48. The molecule has 2 aromatic rings. The van der Waals surface area contributed by atoms with E-state index in [0.717, 1.165) is 6.42 Å². The maximum Gasteiger partial charge on any atom is 0.261 e. The molecule has 1 aliphatic rings. The van der Waals surface area contributed by atoms with Crippen molar-refractivity contribution >= 4 is 31.7 Å². The largest absolute Gasteiger partial charge is 0.484 e. The summed E-state index contributed by atoms with van der Waals surface area (Å²) in [5, 5.41) is 0. The van der Waals surface area contributed by atoms with Gasteiger partial charge in [-0.15, -0.1) is 0 Å². The molecule has 0 saturated carbocycles. The number of carbonyl (C=O) groups is 1. The van der Waals surface area contributed by atoms with Crippen molar-refractivity contribution in [2.24, 2.45) is 0 Å². The molecule has 2 heterocycles. The molecule has 0 aliphatic carbocycles. The first-order valence-electron chi connectivity index (χ1n) is 8.82. The number of halogens is 1. The minimum Gasteiger partial charge on any atom is -0.484 e. The lowest BCUT2D eigenvalue weighted by Crippen LogP contribution is -2.43. The lowest BCUT2D eigenvalue weighted by Gasteiger charge is -2.27. The van der Waals surface area contributed by atoms with Crippen LogP contribution in [0.3, 0.4) is 0 Å². The minimum absolute atomic E-state index is 0.0220. The van der Waals surface area contributed by atoms with Crippen LogP contribution in [0, 0.1) is 0 Å². The topological polar surface area (TPSA) is 76.8 Å². The van der Waals surface area contributed by atoms with Gasteiger partial charge in [0.05, 0.1) is 18.1 Å². The van der Waals surface area contributed by atoms with Crippen molar-refractivity contribution in [2.75, 3.05) is 18.1 Å². The van der Waals surface area contributed by atoms with Crippen molar-refractivity contribution < 1.29 is 22.4 Å². The van der Waals surface area contributed by atoms with Crippen molar-refractivity contribution in [2.45, 2.75) is 32.4 Å². The van der Waals surface area contributed by atoms with Crippen LogP contribution in [0.4, 0.5) is 0 Å². The summed E-state index contributed by atoms with van der Waals surface area (Å²) >= 11 is 3.24. The quantitative estimate of drug-likeness (QED) is 0.640. The van der Waals surface area contributed by atoms with E-state index < -0.39 is 9.84 Å². The van der Waals surface area contributed by atoms with Crippen LogP contribution in [0.5, 0.6) is 5.75 Å². The zero-order chi connectivity index (χ0) is 19.4. The average Bonchev–Trinajstić information content (AvgIpc) is 3.22. The van der Waals surface area contributed by atoms with Crippen LogP contribution >= 0.6 is 15.9 Å². The van der Waals surface area contributed by atoms with Crippen LogP contribution in [0.1, 0.15) is 24.7 Å². The molecule has 0 spiro atoms. The van der Waals surface area contributed by atoms with Gasteiger partial charge >= 0.3 is 0 Å². The van der Waals surface area contributed by atoms with Crippen LogP contribution in [0.25, 0.3) is 0 Å². The fourth-order valence-corrected chi connectivity index (χ4v) is 5.17. The average molecular weight is 456 g/mol. The van der Waals surface area contributed by atoms with E-state index in [9.17, 15) is 13.2 Å². The Morgan fingerprint density at radius 2 is 2.00 bits per heavy atom. The molecule has 27 heavy (non-hydrogen) atoms. The Morgan fingerprint density at radius 3 is 2.56 bits per heavy atom. The molecule has 1 unspecified atom stereocenters. The molecule has 1 fully saturated rings. The number of hydrogen-bond donors (Lipinski definition) is 0. The predicted octanol–water partition coefficient (Wildman–Crippen LogP) is 3.20. The minimum atomic E-state index is -3.11. The molecule has 1 atom stereocenters. The number of furan rings is 1. The number of sulfone groups is 1. The van der Waals surface area contributed by atoms with Gasteiger partial charge < -0.3 is 14.1 Å². The maximum absolute atomic E-state index is 12.8. The normalized spacial score (nSPS) is 18.4. The molecule has 1 aliphatic heterocycles. The Labute approximate surface area is 167 Å². The van der Waals surface area contributed by atoms with E-state index in [1.54, 1.807) is 17.0 Å². The number of hydrogen-bond acceptors (Lipinski definition) is 5. The Morgan fingerprint density at radius 1 is 1.26 bits per heavy atom. The number of nitrogens with zero attached hydrogens (tertiary/aromatic N) is 1. The smallest absolute Gasteiger partial charge is 0.261 e. The molecule has 0 bridgehead atoms. The molecule has 8 heteroatoms. The van der Waals surface area contributed by atoms with Crippen LogP contribution < -0.4 is 4.74 Å². The molecular formula is C19H22BrNO5S. The van der Waals surface area contributed by atoms with Crippen molar-refractivity contribution in [3.8, 4) is 5.75 Å². The third-order valence-corrected chi connectivity index (χ3v) is 6.80. The van der Waals surface area contributed by atoms with Gasteiger partial charge in [0.2, 0.25) is 0 Å². The van der Waals surface area contributed by atoms with Gasteiger partial charge in [0.25, 0.3) is 5.91 Å². The zero-order valence-electron chi connectivity index (χ0n) is 15.1. The van der Waals surface area contributed by atoms with E-state index in [1.807, 2.05) is 24.3 Å². The second-order valence-corrected chi connectivity index (χ2v) is 9.58. The number of benzene rings is 1. The first-order valence-corrected chi connectivity index (χ1v) is 11.4. The first-order chi connectivity index (χ1) is 12.9. The lowest BCUT2D eigenvalue weighted by atomic mass is 10.2. The highest BCUT2D eigenvalue weighted by Gasteiger charge is 2.35. The third-order valence-electron chi connectivity index (χ3n) is 4.62. The second-order valence-electron chi connectivity index (χ2n) is 6.57. The van der Waals surface area contributed by atoms with Crippen molar-refractivity contribution in [3.05, 3.63) is 52.4 Å². The van der Waals surface area contributed by atoms with Gasteiger partial charge in [0, 0.05) is 6.04 Å². The highest BCUT2D eigenvalue weighted by molar-refractivity contribution is 9.10. The standard InChI is InChI=1S/C19H22BrNO5S/c1-2-14-3-5-16(6-4-14)25-12-19(22)21(11-17-7-8-18(20)26-17)15-9-10-27(23,24)13-15/h3-8,15H,2,9-13H2,1H3. The zero-order valence-corrected chi connectivity index (χ0v) is 17.5. The van der Waals surface area contributed by atoms with Gasteiger partial charge in [-0.25, -0.2) is 8.42 Å². The maximum atomic E-state index is 12.8. The summed E-state index contributed by atoms with van der Waals surface area (Å²) in [6, 6.07) is 10.7. The van der Waals surface area contributed by atoms with E-state index in [2.05, 4.69) is 22.9 Å². The van der Waals surface area contributed by atoms with Crippen molar-refractivity contribution in [1.29, 1.82) is 0 Å². The number of aryl methyl sites for hydroxylation is 1. The fourth-order valence-electron chi connectivity index (χ4n) is 3.10. The highest BCUT2D eigenvalue weighted by Crippen LogP contribution is 2.23. The molecule has 1 aromatic carbocycles. The highest BCUT2D eigenvalue weighted by atomic mass is 79.9. The van der Waals surface area contributed by atoms with Gasteiger partial charge in [0.15, 0.2) is 21.1 Å². The molecule has 0 radical (unpaired) electrons. The van der Waals surface area contributed by atoms with E-state index in [0.29, 0.717) is 22.6 Å². The SMILES string of the molecule is CCc1ccc(OCC(=O)N(Cc2ccc(Br)o2)C2CCS(=O)(=O)C2)cc1. The molecule has 1 amide bonds. The number of ether oxygens (including phenoxy) is 1. The molecule has 3 rings (SSSR count). The number of carbonyl (C=O) groups excluding carboxylic acids is 1. The predicted molar refractivity (Wildman–Crippen MR) is 105 cm³/mol. The fraction of sp³-hybridized carbons (Fsp3) is 0.421. The Kier molecular flexibility index (Phi) is 6.26. The molecule has 1 aromatic heterocycles. The summed E-state index contributed by atoms with van der Waals surface area (Å²) in [6.07, 6.45) is 1.36. The van der Waals surface area contributed by atoms with Gasteiger partial charge in [-0.3, -0.25) is 4.79 Å². The summed E-state index contributed by atoms with van der Waals surface area (Å²) in [7, 11) is -3.11. The van der Waals surface area contributed by atoms with Crippen LogP contribution in [0.2, 0.25) is 0 Å². The van der Waals surface area contributed by atoms with Gasteiger partial charge in [-0.1, -0.05) is 19.1 Å². The lowest BCUT2D eigenvalue weighted by molar-refractivity contribution is -0.136. The van der Waals surface area contributed by atoms with Gasteiger partial charge in [0.1, 0.15) is 11.5 Å². The Bertz CT molecular complexity index is 891. The summed E-state index contributed by atoms with van der Waals surface area (Å²) in [5.41, 5.74) is 1.19. The molecule has 0 N–H and O–H groups in total. The van der Waals surface area contributed by atoms with Gasteiger partial charge in [-0.05, 0) is 58.6 Å². The van der Waals surface area contributed by atoms with Gasteiger partial charge in [-0.2, -0.15) is 0 Å². The first kappa shape index (κ1) is 19.9. The molecular weight excluding hydrogens is 434 g/mol. The molecule has 1 saturated heterocycles.